The van der Waals surface area contributed by atoms with Crippen molar-refractivity contribution in [1.29, 1.82) is 0 Å². The van der Waals surface area contributed by atoms with Gasteiger partial charge in [0.15, 0.2) is 0 Å². The molecule has 4 nitrogen and oxygen atoms in total. The molecule has 1 N–H and O–H groups in total. The summed E-state index contributed by atoms with van der Waals surface area (Å²) in [5.74, 6) is 1.73. The van der Waals surface area contributed by atoms with Crippen molar-refractivity contribution in [2.75, 3.05) is 17.6 Å². The quantitative estimate of drug-likeness (QED) is 0.539. The maximum absolute atomic E-state index is 13.0. The van der Waals surface area contributed by atoms with Crippen LogP contribution in [0.15, 0.2) is 72.8 Å². The number of ether oxygens (including phenoxy) is 1. The summed E-state index contributed by atoms with van der Waals surface area (Å²) in [6, 6.07) is 24.1. The molecule has 1 atom stereocenters. The van der Waals surface area contributed by atoms with Gasteiger partial charge in [0.25, 0.3) is 0 Å². The molecule has 1 fully saturated rings. The molecule has 1 saturated heterocycles. The molecular formula is C25H26N2O2S. The summed E-state index contributed by atoms with van der Waals surface area (Å²) in [6.45, 7) is 5.38. The Labute approximate surface area is 182 Å². The molecule has 0 saturated carbocycles. The zero-order chi connectivity index (χ0) is 20.9. The van der Waals surface area contributed by atoms with Crippen LogP contribution < -0.4 is 10.1 Å². The lowest BCUT2D eigenvalue weighted by Gasteiger charge is -2.25. The smallest absolute Gasteiger partial charge is 0.323 e. The Kier molecular flexibility index (Phi) is 6.29. The highest BCUT2D eigenvalue weighted by atomic mass is 32.2. The third kappa shape index (κ3) is 4.79. The number of urea groups is 1. The summed E-state index contributed by atoms with van der Waals surface area (Å²) in [5.41, 5.74) is 5.43. The number of nitrogens with one attached hydrogen (secondary N) is 1. The number of thioether (sulfide) groups is 1. The van der Waals surface area contributed by atoms with Crippen molar-refractivity contribution >= 4 is 23.5 Å². The molecule has 1 aliphatic heterocycles. The average Bonchev–Trinajstić information content (AvgIpc) is 3.26. The fourth-order valence-electron chi connectivity index (χ4n) is 3.47. The minimum absolute atomic E-state index is 0.0168. The monoisotopic (exact) mass is 418 g/mol. The molecule has 154 valence electrons. The lowest BCUT2D eigenvalue weighted by molar-refractivity contribution is 0.214. The fraction of sp³-hybridized carbons (Fsp3) is 0.240. The average molecular weight is 419 g/mol. The zero-order valence-electron chi connectivity index (χ0n) is 17.3. The molecule has 1 heterocycles. The molecule has 4 rings (SSSR count). The normalized spacial score (nSPS) is 15.8. The minimum Gasteiger partial charge on any atom is -0.489 e. The van der Waals surface area contributed by atoms with Crippen LogP contribution in [0.4, 0.5) is 10.5 Å². The Morgan fingerprint density at radius 2 is 1.87 bits per heavy atom. The van der Waals surface area contributed by atoms with E-state index in [0.29, 0.717) is 6.61 Å². The van der Waals surface area contributed by atoms with Crippen molar-refractivity contribution in [2.45, 2.75) is 25.8 Å². The van der Waals surface area contributed by atoms with Crippen molar-refractivity contribution in [3.05, 3.63) is 95.1 Å². The van der Waals surface area contributed by atoms with Crippen LogP contribution in [-0.4, -0.2) is 23.2 Å². The highest BCUT2D eigenvalue weighted by molar-refractivity contribution is 7.99. The number of hydrogen-bond acceptors (Lipinski definition) is 3. The van der Waals surface area contributed by atoms with Crippen LogP contribution in [0.25, 0.3) is 0 Å². The molecule has 0 aliphatic carbocycles. The number of carbonyl (C=O) groups excluding carboxylic acids is 1. The first-order chi connectivity index (χ1) is 14.6. The SMILES string of the molecule is Cc1ccc(NC(=O)N2CCS[C@H]2c2cccc(OCc3ccccc3)c2)cc1C. The van der Waals surface area contributed by atoms with Crippen LogP contribution >= 0.6 is 11.8 Å². The van der Waals surface area contributed by atoms with Gasteiger partial charge in [-0.15, -0.1) is 11.8 Å². The summed E-state index contributed by atoms with van der Waals surface area (Å²) in [5, 5.41) is 3.04. The van der Waals surface area contributed by atoms with Gasteiger partial charge in [-0.25, -0.2) is 4.79 Å². The van der Waals surface area contributed by atoms with Gasteiger partial charge in [0, 0.05) is 18.0 Å². The number of rotatable bonds is 5. The molecule has 0 unspecified atom stereocenters. The first-order valence-electron chi connectivity index (χ1n) is 10.1. The molecule has 0 radical (unpaired) electrons. The van der Waals surface area contributed by atoms with E-state index in [0.717, 1.165) is 34.9 Å². The Bertz CT molecular complexity index is 1020. The first-order valence-corrected chi connectivity index (χ1v) is 11.2. The van der Waals surface area contributed by atoms with E-state index in [1.807, 2.05) is 59.5 Å². The third-order valence-electron chi connectivity index (χ3n) is 5.30. The number of nitrogens with zero attached hydrogens (tertiary/aromatic N) is 1. The first kappa shape index (κ1) is 20.4. The Balaban J connectivity index is 1.44. The van der Waals surface area contributed by atoms with Crippen LogP contribution in [0, 0.1) is 13.8 Å². The van der Waals surface area contributed by atoms with Crippen molar-refractivity contribution < 1.29 is 9.53 Å². The van der Waals surface area contributed by atoms with Gasteiger partial charge in [-0.1, -0.05) is 48.5 Å². The van der Waals surface area contributed by atoms with Crippen molar-refractivity contribution in [2.24, 2.45) is 0 Å². The van der Waals surface area contributed by atoms with Crippen LogP contribution in [0.3, 0.4) is 0 Å². The number of aryl methyl sites for hydroxylation is 2. The summed E-state index contributed by atoms with van der Waals surface area (Å²) in [7, 11) is 0. The lowest BCUT2D eigenvalue weighted by atomic mass is 10.1. The van der Waals surface area contributed by atoms with Gasteiger partial charge in [0.1, 0.15) is 17.7 Å². The highest BCUT2D eigenvalue weighted by Gasteiger charge is 2.31. The van der Waals surface area contributed by atoms with E-state index in [1.54, 1.807) is 11.8 Å². The Morgan fingerprint density at radius 3 is 2.67 bits per heavy atom. The Morgan fingerprint density at radius 1 is 1.03 bits per heavy atom. The lowest BCUT2D eigenvalue weighted by Crippen LogP contribution is -2.34. The molecular weight excluding hydrogens is 392 g/mol. The number of benzene rings is 3. The molecule has 3 aromatic rings. The Hall–Kier alpha value is -2.92. The predicted octanol–water partition coefficient (Wildman–Crippen LogP) is 6.16. The molecule has 0 bridgehead atoms. The highest BCUT2D eigenvalue weighted by Crippen LogP contribution is 2.39. The second-order valence-electron chi connectivity index (χ2n) is 7.49. The summed E-state index contributed by atoms with van der Waals surface area (Å²) in [6.07, 6.45) is 0. The summed E-state index contributed by atoms with van der Waals surface area (Å²) in [4.78, 5) is 14.9. The molecule has 3 aromatic carbocycles. The summed E-state index contributed by atoms with van der Waals surface area (Å²) < 4.78 is 5.98. The van der Waals surface area contributed by atoms with E-state index in [9.17, 15) is 4.79 Å². The van der Waals surface area contributed by atoms with Crippen LogP contribution in [0.5, 0.6) is 5.75 Å². The number of carbonyl (C=O) groups is 1. The predicted molar refractivity (Wildman–Crippen MR) is 124 cm³/mol. The van der Waals surface area contributed by atoms with Crippen LogP contribution in [0.1, 0.15) is 27.6 Å². The molecule has 1 aliphatic rings. The number of anilines is 1. The van der Waals surface area contributed by atoms with Gasteiger partial charge < -0.3 is 15.0 Å². The van der Waals surface area contributed by atoms with E-state index in [2.05, 4.69) is 37.4 Å². The third-order valence-corrected chi connectivity index (χ3v) is 6.56. The maximum atomic E-state index is 13.0. The van der Waals surface area contributed by atoms with Gasteiger partial charge in [0.2, 0.25) is 0 Å². The van der Waals surface area contributed by atoms with Gasteiger partial charge in [-0.05, 0) is 60.4 Å². The number of hydrogen-bond donors (Lipinski definition) is 1. The molecule has 2 amide bonds. The topological polar surface area (TPSA) is 41.6 Å². The van der Waals surface area contributed by atoms with E-state index >= 15 is 0 Å². The fourth-order valence-corrected chi connectivity index (χ4v) is 4.71. The molecule has 5 heteroatoms. The molecule has 0 spiro atoms. The van der Waals surface area contributed by atoms with Crippen molar-refractivity contribution in [1.82, 2.24) is 4.90 Å². The standard InChI is InChI=1S/C25H26N2O2S/c1-18-11-12-22(15-19(18)2)26-25(28)27-13-14-30-24(27)21-9-6-10-23(16-21)29-17-20-7-4-3-5-8-20/h3-12,15-16,24H,13-14,17H2,1-2H3,(H,26,28)/t24-/m0/s1. The van der Waals surface area contributed by atoms with Crippen molar-refractivity contribution in [3.8, 4) is 5.75 Å². The minimum atomic E-state index is -0.0659. The molecule has 30 heavy (non-hydrogen) atoms. The van der Waals surface area contributed by atoms with Crippen molar-refractivity contribution in [3.63, 3.8) is 0 Å². The molecule has 0 aromatic heterocycles. The second kappa shape index (κ2) is 9.26. The summed E-state index contributed by atoms with van der Waals surface area (Å²) >= 11 is 1.78. The van der Waals surface area contributed by atoms with Gasteiger partial charge in [0.05, 0.1) is 0 Å². The van der Waals surface area contributed by atoms with Gasteiger partial charge in [-0.3, -0.25) is 0 Å². The number of amides is 2. The largest absolute Gasteiger partial charge is 0.489 e. The maximum Gasteiger partial charge on any atom is 0.323 e. The van der Waals surface area contributed by atoms with E-state index in [1.165, 1.54) is 11.1 Å². The van der Waals surface area contributed by atoms with Crippen LogP contribution in [0.2, 0.25) is 0 Å². The second-order valence-corrected chi connectivity index (χ2v) is 8.68. The van der Waals surface area contributed by atoms with E-state index < -0.39 is 0 Å². The van der Waals surface area contributed by atoms with E-state index in [-0.39, 0.29) is 11.4 Å². The van der Waals surface area contributed by atoms with Gasteiger partial charge in [-0.2, -0.15) is 0 Å². The zero-order valence-corrected chi connectivity index (χ0v) is 18.1. The van der Waals surface area contributed by atoms with Crippen LogP contribution in [-0.2, 0) is 6.61 Å². The van der Waals surface area contributed by atoms with Gasteiger partial charge >= 0.3 is 6.03 Å². The van der Waals surface area contributed by atoms with E-state index in [4.69, 9.17) is 4.74 Å².